The van der Waals surface area contributed by atoms with Gasteiger partial charge in [0.25, 0.3) is 0 Å². The Balaban J connectivity index is 2.34. The maximum absolute atomic E-state index is 13.5. The van der Waals surface area contributed by atoms with Gasteiger partial charge < -0.3 is 5.32 Å². The van der Waals surface area contributed by atoms with Crippen LogP contribution >= 0.6 is 23.2 Å². The molecule has 0 radical (unpaired) electrons. The molecular formula is C16H16Cl2FN. The van der Waals surface area contributed by atoms with E-state index in [1.165, 1.54) is 6.07 Å². The Bertz CT molecular complexity index is 613. The highest BCUT2D eigenvalue weighted by molar-refractivity contribution is 6.32. The van der Waals surface area contributed by atoms with Crippen molar-refractivity contribution in [2.24, 2.45) is 0 Å². The van der Waals surface area contributed by atoms with Gasteiger partial charge in [0.15, 0.2) is 0 Å². The number of halogens is 3. The fraction of sp³-hybridized carbons (Fsp3) is 0.250. The van der Waals surface area contributed by atoms with Gasteiger partial charge in [-0.15, -0.1) is 0 Å². The van der Waals surface area contributed by atoms with Gasteiger partial charge in [0, 0.05) is 11.1 Å². The normalized spacial score (nSPS) is 12.4. The van der Waals surface area contributed by atoms with Gasteiger partial charge in [0.05, 0.1) is 5.02 Å². The van der Waals surface area contributed by atoms with Crippen molar-refractivity contribution in [3.63, 3.8) is 0 Å². The van der Waals surface area contributed by atoms with Crippen LogP contribution in [0.3, 0.4) is 0 Å². The number of aryl methyl sites for hydroxylation is 1. The molecule has 1 nitrogen and oxygen atoms in total. The summed E-state index contributed by atoms with van der Waals surface area (Å²) in [5, 5.41) is 4.13. The van der Waals surface area contributed by atoms with Crippen LogP contribution in [0.1, 0.15) is 22.7 Å². The van der Waals surface area contributed by atoms with Gasteiger partial charge in [0.2, 0.25) is 0 Å². The number of hydrogen-bond acceptors (Lipinski definition) is 1. The van der Waals surface area contributed by atoms with Crippen molar-refractivity contribution in [3.05, 3.63) is 69.0 Å². The standard InChI is InChI=1S/C16H16Cl2FN/c1-10-5-3-7-12(15(10)17)14(20-2)9-11-6-4-8-13(19)16(11)18/h3-8,14,20H,9H2,1-2H3. The molecule has 0 aliphatic carbocycles. The summed E-state index contributed by atoms with van der Waals surface area (Å²) < 4.78 is 13.5. The van der Waals surface area contributed by atoms with Gasteiger partial charge in [-0.3, -0.25) is 0 Å². The summed E-state index contributed by atoms with van der Waals surface area (Å²) in [7, 11) is 1.86. The van der Waals surface area contributed by atoms with E-state index in [0.717, 1.165) is 21.7 Å². The molecule has 0 heterocycles. The predicted molar refractivity (Wildman–Crippen MR) is 83.1 cm³/mol. The van der Waals surface area contributed by atoms with Crippen molar-refractivity contribution in [2.45, 2.75) is 19.4 Å². The molecule has 106 valence electrons. The van der Waals surface area contributed by atoms with Crippen molar-refractivity contribution in [3.8, 4) is 0 Å². The summed E-state index contributed by atoms with van der Waals surface area (Å²) in [6.07, 6.45) is 0.580. The van der Waals surface area contributed by atoms with Crippen LogP contribution in [-0.4, -0.2) is 7.05 Å². The first-order valence-corrected chi connectivity index (χ1v) is 7.15. The maximum Gasteiger partial charge on any atom is 0.142 e. The molecule has 2 rings (SSSR count). The lowest BCUT2D eigenvalue weighted by atomic mass is 9.97. The molecule has 0 aromatic heterocycles. The van der Waals surface area contributed by atoms with E-state index >= 15 is 0 Å². The third-order valence-corrected chi connectivity index (χ3v) is 4.34. The molecule has 20 heavy (non-hydrogen) atoms. The summed E-state index contributed by atoms with van der Waals surface area (Å²) in [5.74, 6) is -0.394. The molecule has 0 aliphatic rings. The number of benzene rings is 2. The SMILES string of the molecule is CNC(Cc1cccc(F)c1Cl)c1cccc(C)c1Cl. The van der Waals surface area contributed by atoms with Crippen LogP contribution in [0.5, 0.6) is 0 Å². The highest BCUT2D eigenvalue weighted by Crippen LogP contribution is 2.30. The second kappa shape index (κ2) is 6.57. The molecule has 0 saturated heterocycles. The molecule has 1 unspecified atom stereocenters. The molecule has 0 saturated carbocycles. The monoisotopic (exact) mass is 311 g/mol. The van der Waals surface area contributed by atoms with Crippen LogP contribution in [0.25, 0.3) is 0 Å². The highest BCUT2D eigenvalue weighted by atomic mass is 35.5. The van der Waals surface area contributed by atoms with Gasteiger partial charge in [-0.05, 0) is 43.1 Å². The van der Waals surface area contributed by atoms with Crippen molar-refractivity contribution < 1.29 is 4.39 Å². The molecular weight excluding hydrogens is 296 g/mol. The largest absolute Gasteiger partial charge is 0.313 e. The van der Waals surface area contributed by atoms with Crippen LogP contribution in [0.4, 0.5) is 4.39 Å². The topological polar surface area (TPSA) is 12.0 Å². The van der Waals surface area contributed by atoms with E-state index in [0.29, 0.717) is 6.42 Å². The molecule has 0 fully saturated rings. The van der Waals surface area contributed by atoms with E-state index in [9.17, 15) is 4.39 Å². The average molecular weight is 312 g/mol. The first-order chi connectivity index (χ1) is 9.54. The number of likely N-dealkylation sites (N-methyl/N-ethyl adjacent to an activating group) is 1. The summed E-state index contributed by atoms with van der Waals surface area (Å²) >= 11 is 12.4. The van der Waals surface area contributed by atoms with Gasteiger partial charge >= 0.3 is 0 Å². The second-order valence-corrected chi connectivity index (χ2v) is 5.49. The molecule has 0 amide bonds. The summed E-state index contributed by atoms with van der Waals surface area (Å²) in [6.45, 7) is 1.97. The smallest absolute Gasteiger partial charge is 0.142 e. The Hall–Kier alpha value is -1.09. The predicted octanol–water partition coefficient (Wildman–Crippen LogP) is 4.94. The quantitative estimate of drug-likeness (QED) is 0.843. The van der Waals surface area contributed by atoms with E-state index in [4.69, 9.17) is 23.2 Å². The van der Waals surface area contributed by atoms with Gasteiger partial charge in [-0.2, -0.15) is 0 Å². The van der Waals surface area contributed by atoms with Gasteiger partial charge in [0.1, 0.15) is 5.82 Å². The first-order valence-electron chi connectivity index (χ1n) is 6.39. The number of nitrogens with one attached hydrogen (secondary N) is 1. The minimum atomic E-state index is -0.394. The lowest BCUT2D eigenvalue weighted by molar-refractivity contribution is 0.584. The van der Waals surface area contributed by atoms with Crippen LogP contribution in [0.2, 0.25) is 10.0 Å². The fourth-order valence-corrected chi connectivity index (χ4v) is 2.69. The van der Waals surface area contributed by atoms with Crippen LogP contribution < -0.4 is 5.32 Å². The van der Waals surface area contributed by atoms with E-state index in [-0.39, 0.29) is 11.1 Å². The zero-order chi connectivity index (χ0) is 14.7. The molecule has 2 aromatic carbocycles. The van der Waals surface area contributed by atoms with Gasteiger partial charge in [-0.25, -0.2) is 4.39 Å². The summed E-state index contributed by atoms with van der Waals surface area (Å²) in [5.41, 5.74) is 2.79. The van der Waals surface area contributed by atoms with Crippen LogP contribution in [0, 0.1) is 12.7 Å². The average Bonchev–Trinajstić information content (AvgIpc) is 2.44. The first kappa shape index (κ1) is 15.3. The Labute approximate surface area is 128 Å². The van der Waals surface area contributed by atoms with Gasteiger partial charge in [-0.1, -0.05) is 53.5 Å². The summed E-state index contributed by atoms with van der Waals surface area (Å²) in [6, 6.07) is 10.8. The van der Waals surface area contributed by atoms with E-state index in [1.807, 2.05) is 38.2 Å². The molecule has 4 heteroatoms. The maximum atomic E-state index is 13.5. The van der Waals surface area contributed by atoms with E-state index in [1.54, 1.807) is 6.07 Å². The molecule has 1 atom stereocenters. The number of hydrogen-bond donors (Lipinski definition) is 1. The molecule has 0 aliphatic heterocycles. The van der Waals surface area contributed by atoms with E-state index in [2.05, 4.69) is 5.32 Å². The minimum Gasteiger partial charge on any atom is -0.313 e. The molecule has 0 bridgehead atoms. The zero-order valence-electron chi connectivity index (χ0n) is 11.4. The molecule has 1 N–H and O–H groups in total. The second-order valence-electron chi connectivity index (χ2n) is 4.74. The Morgan fingerprint density at radius 2 is 1.80 bits per heavy atom. The third-order valence-electron chi connectivity index (χ3n) is 3.40. The zero-order valence-corrected chi connectivity index (χ0v) is 12.9. The Kier molecular flexibility index (Phi) is 5.03. The van der Waals surface area contributed by atoms with Crippen LogP contribution in [-0.2, 0) is 6.42 Å². The minimum absolute atomic E-state index is 0.0123. The molecule has 2 aromatic rings. The Morgan fingerprint density at radius 3 is 2.50 bits per heavy atom. The van der Waals surface area contributed by atoms with Crippen molar-refractivity contribution in [1.82, 2.24) is 5.32 Å². The Morgan fingerprint density at radius 1 is 1.10 bits per heavy atom. The third kappa shape index (κ3) is 3.14. The summed E-state index contributed by atoms with van der Waals surface area (Å²) in [4.78, 5) is 0. The fourth-order valence-electron chi connectivity index (χ4n) is 2.23. The van der Waals surface area contributed by atoms with Crippen molar-refractivity contribution in [1.29, 1.82) is 0 Å². The van der Waals surface area contributed by atoms with Crippen molar-refractivity contribution in [2.75, 3.05) is 7.05 Å². The highest BCUT2D eigenvalue weighted by Gasteiger charge is 2.17. The molecule has 0 spiro atoms. The lowest BCUT2D eigenvalue weighted by Crippen LogP contribution is -2.19. The van der Waals surface area contributed by atoms with Crippen LogP contribution in [0.15, 0.2) is 36.4 Å². The number of rotatable bonds is 4. The van der Waals surface area contributed by atoms with Crippen molar-refractivity contribution >= 4 is 23.2 Å². The van der Waals surface area contributed by atoms with E-state index < -0.39 is 5.82 Å². The lowest BCUT2D eigenvalue weighted by Gasteiger charge is -2.20.